The van der Waals surface area contributed by atoms with Gasteiger partial charge in [-0.2, -0.15) is 0 Å². The lowest BCUT2D eigenvalue weighted by molar-refractivity contribution is -0.0361. The summed E-state index contributed by atoms with van der Waals surface area (Å²) >= 11 is 0. The molecular formula is C16H29NO2. The summed E-state index contributed by atoms with van der Waals surface area (Å²) in [6, 6.07) is 0. The molecule has 3 aliphatic rings. The number of aliphatic hydroxyl groups is 1. The van der Waals surface area contributed by atoms with Crippen molar-refractivity contribution in [1.82, 2.24) is 5.32 Å². The Morgan fingerprint density at radius 3 is 2.37 bits per heavy atom. The van der Waals surface area contributed by atoms with Gasteiger partial charge in [0.15, 0.2) is 0 Å². The van der Waals surface area contributed by atoms with Crippen molar-refractivity contribution in [2.75, 3.05) is 19.7 Å². The molecule has 2 saturated carbocycles. The lowest BCUT2D eigenvalue weighted by atomic mass is 9.87. The van der Waals surface area contributed by atoms with Gasteiger partial charge in [-0.25, -0.2) is 0 Å². The fraction of sp³-hybridized carbons (Fsp3) is 1.00. The summed E-state index contributed by atoms with van der Waals surface area (Å²) in [5.74, 6) is 0. The van der Waals surface area contributed by atoms with Crippen molar-refractivity contribution in [3.8, 4) is 0 Å². The summed E-state index contributed by atoms with van der Waals surface area (Å²) in [6.07, 6.45) is 13.1. The molecule has 2 N–H and O–H groups in total. The number of aliphatic hydroxyl groups excluding tert-OH is 1. The fourth-order valence-electron chi connectivity index (χ4n) is 4.44. The quantitative estimate of drug-likeness (QED) is 0.804. The van der Waals surface area contributed by atoms with Crippen LogP contribution in [0.4, 0.5) is 0 Å². The van der Waals surface area contributed by atoms with Gasteiger partial charge in [0, 0.05) is 25.1 Å². The fourth-order valence-corrected chi connectivity index (χ4v) is 4.44. The Morgan fingerprint density at radius 1 is 1.00 bits per heavy atom. The first-order chi connectivity index (χ1) is 9.26. The first kappa shape index (κ1) is 13.8. The van der Waals surface area contributed by atoms with Crippen LogP contribution in [0.15, 0.2) is 0 Å². The second-order valence-electron chi connectivity index (χ2n) is 7.16. The van der Waals surface area contributed by atoms with Crippen LogP contribution in [0, 0.1) is 5.41 Å². The highest BCUT2D eigenvalue weighted by molar-refractivity contribution is 4.94. The third-order valence-corrected chi connectivity index (χ3v) is 5.73. The lowest BCUT2D eigenvalue weighted by Gasteiger charge is -2.28. The van der Waals surface area contributed by atoms with Crippen molar-refractivity contribution < 1.29 is 9.84 Å². The zero-order chi connectivity index (χ0) is 13.2. The Bertz CT molecular complexity index is 293. The number of ether oxygens (including phenoxy) is 1. The molecule has 19 heavy (non-hydrogen) atoms. The van der Waals surface area contributed by atoms with Crippen molar-refractivity contribution in [2.45, 2.75) is 75.9 Å². The minimum Gasteiger partial charge on any atom is -0.396 e. The predicted octanol–water partition coefficient (Wildman–Crippen LogP) is 2.62. The Hall–Kier alpha value is -0.120. The average Bonchev–Trinajstić information content (AvgIpc) is 3.14. The maximum Gasteiger partial charge on any atom is 0.0708 e. The lowest BCUT2D eigenvalue weighted by Crippen LogP contribution is -2.39. The molecule has 3 nitrogen and oxygen atoms in total. The van der Waals surface area contributed by atoms with E-state index in [0.717, 1.165) is 13.1 Å². The molecule has 0 aromatic heterocycles. The van der Waals surface area contributed by atoms with Gasteiger partial charge >= 0.3 is 0 Å². The highest BCUT2D eigenvalue weighted by Gasteiger charge is 2.42. The van der Waals surface area contributed by atoms with Crippen molar-refractivity contribution >= 4 is 0 Å². The van der Waals surface area contributed by atoms with Crippen molar-refractivity contribution in [3.63, 3.8) is 0 Å². The SMILES string of the molecule is OCC1(CNCC2CCC3(CCCC3)O2)CCCC1. The van der Waals surface area contributed by atoms with E-state index in [4.69, 9.17) is 4.74 Å². The Kier molecular flexibility index (Phi) is 4.16. The normalized spacial score (nSPS) is 32.4. The van der Waals surface area contributed by atoms with E-state index >= 15 is 0 Å². The third-order valence-electron chi connectivity index (χ3n) is 5.73. The van der Waals surface area contributed by atoms with Gasteiger partial charge in [-0.1, -0.05) is 25.7 Å². The zero-order valence-corrected chi connectivity index (χ0v) is 12.1. The molecular weight excluding hydrogens is 238 g/mol. The molecule has 1 saturated heterocycles. The molecule has 110 valence electrons. The van der Waals surface area contributed by atoms with Crippen LogP contribution in [0.2, 0.25) is 0 Å². The van der Waals surface area contributed by atoms with E-state index in [1.54, 1.807) is 0 Å². The van der Waals surface area contributed by atoms with Gasteiger partial charge in [0.1, 0.15) is 0 Å². The topological polar surface area (TPSA) is 41.5 Å². The molecule has 2 aliphatic carbocycles. The molecule has 1 unspecified atom stereocenters. The van der Waals surface area contributed by atoms with Crippen LogP contribution >= 0.6 is 0 Å². The first-order valence-corrected chi connectivity index (χ1v) is 8.25. The van der Waals surface area contributed by atoms with E-state index in [9.17, 15) is 5.11 Å². The first-order valence-electron chi connectivity index (χ1n) is 8.25. The van der Waals surface area contributed by atoms with Crippen molar-refractivity contribution in [2.24, 2.45) is 5.41 Å². The molecule has 3 heteroatoms. The maximum atomic E-state index is 9.60. The predicted molar refractivity (Wildman–Crippen MR) is 76.2 cm³/mol. The molecule has 1 atom stereocenters. The summed E-state index contributed by atoms with van der Waals surface area (Å²) < 4.78 is 6.32. The smallest absolute Gasteiger partial charge is 0.0708 e. The molecule has 0 aromatic carbocycles. The van der Waals surface area contributed by atoms with Crippen LogP contribution in [0.5, 0.6) is 0 Å². The van der Waals surface area contributed by atoms with Crippen molar-refractivity contribution in [3.05, 3.63) is 0 Å². The van der Waals surface area contributed by atoms with Crippen LogP contribution in [-0.2, 0) is 4.74 Å². The number of hydrogen-bond acceptors (Lipinski definition) is 3. The van der Waals surface area contributed by atoms with E-state index in [0.29, 0.717) is 12.7 Å². The monoisotopic (exact) mass is 267 g/mol. The Morgan fingerprint density at radius 2 is 1.68 bits per heavy atom. The number of rotatable bonds is 5. The van der Waals surface area contributed by atoms with Crippen LogP contribution in [0.25, 0.3) is 0 Å². The van der Waals surface area contributed by atoms with Gasteiger partial charge in [-0.3, -0.25) is 0 Å². The molecule has 3 fully saturated rings. The minimum atomic E-state index is 0.170. The molecule has 1 heterocycles. The standard InChI is InChI=1S/C16H29NO2/c18-13-15(6-1-2-7-15)12-17-11-14-5-10-16(19-14)8-3-4-9-16/h14,17-18H,1-13H2. The van der Waals surface area contributed by atoms with E-state index in [-0.39, 0.29) is 11.0 Å². The van der Waals surface area contributed by atoms with Crippen LogP contribution < -0.4 is 5.32 Å². The van der Waals surface area contributed by atoms with E-state index in [2.05, 4.69) is 5.32 Å². The van der Waals surface area contributed by atoms with Gasteiger partial charge in [-0.05, 0) is 38.5 Å². The van der Waals surface area contributed by atoms with Crippen LogP contribution in [0.3, 0.4) is 0 Å². The highest BCUT2D eigenvalue weighted by atomic mass is 16.5. The molecule has 0 bridgehead atoms. The molecule has 3 rings (SSSR count). The van der Waals surface area contributed by atoms with Gasteiger partial charge in [0.2, 0.25) is 0 Å². The van der Waals surface area contributed by atoms with Gasteiger partial charge < -0.3 is 15.2 Å². The summed E-state index contributed by atoms with van der Waals surface area (Å²) in [5, 5.41) is 13.2. The molecule has 0 radical (unpaired) electrons. The van der Waals surface area contributed by atoms with E-state index < -0.39 is 0 Å². The summed E-state index contributed by atoms with van der Waals surface area (Å²) in [5.41, 5.74) is 0.429. The minimum absolute atomic E-state index is 0.170. The maximum absolute atomic E-state index is 9.60. The van der Waals surface area contributed by atoms with Crippen LogP contribution in [0.1, 0.15) is 64.2 Å². The molecule has 1 aliphatic heterocycles. The summed E-state index contributed by atoms with van der Waals surface area (Å²) in [7, 11) is 0. The number of nitrogens with one attached hydrogen (secondary N) is 1. The molecule has 1 spiro atoms. The van der Waals surface area contributed by atoms with Gasteiger partial charge in [0.05, 0.1) is 11.7 Å². The Labute approximate surface area is 117 Å². The molecule has 0 aromatic rings. The molecule has 0 amide bonds. The van der Waals surface area contributed by atoms with Crippen LogP contribution in [-0.4, -0.2) is 36.5 Å². The Balaban J connectivity index is 1.41. The van der Waals surface area contributed by atoms with E-state index in [1.165, 1.54) is 64.2 Å². The second-order valence-corrected chi connectivity index (χ2v) is 7.16. The second kappa shape index (κ2) is 5.71. The van der Waals surface area contributed by atoms with Gasteiger partial charge in [0.25, 0.3) is 0 Å². The highest BCUT2D eigenvalue weighted by Crippen LogP contribution is 2.43. The average molecular weight is 267 g/mol. The third kappa shape index (κ3) is 2.98. The zero-order valence-electron chi connectivity index (χ0n) is 12.1. The van der Waals surface area contributed by atoms with Gasteiger partial charge in [-0.15, -0.1) is 0 Å². The largest absolute Gasteiger partial charge is 0.396 e. The van der Waals surface area contributed by atoms with E-state index in [1.807, 2.05) is 0 Å². The summed E-state index contributed by atoms with van der Waals surface area (Å²) in [4.78, 5) is 0. The number of hydrogen-bond donors (Lipinski definition) is 2. The summed E-state index contributed by atoms with van der Waals surface area (Å²) in [6.45, 7) is 2.29. The van der Waals surface area contributed by atoms with Crippen molar-refractivity contribution in [1.29, 1.82) is 0 Å².